The molecule has 3 heterocycles. The van der Waals surface area contributed by atoms with Crippen molar-refractivity contribution in [2.75, 3.05) is 19.0 Å². The van der Waals surface area contributed by atoms with Gasteiger partial charge in [0.05, 0.1) is 11.4 Å². The molecule has 1 aromatic carbocycles. The minimum atomic E-state index is 0.183. The molecule has 2 atom stereocenters. The number of piperidine rings is 1. The van der Waals surface area contributed by atoms with Gasteiger partial charge in [0.15, 0.2) is 11.5 Å². The normalized spacial score (nSPS) is 21.4. The Labute approximate surface area is 169 Å². The molecular formula is C21H25N3O3S. The minimum Gasteiger partial charge on any atom is -0.486 e. The molecule has 2 aliphatic rings. The van der Waals surface area contributed by atoms with Crippen molar-refractivity contribution in [2.24, 2.45) is 0 Å². The molecule has 28 heavy (non-hydrogen) atoms. The zero-order valence-corrected chi connectivity index (χ0v) is 17.1. The second-order valence-electron chi connectivity index (χ2n) is 7.33. The summed E-state index contributed by atoms with van der Waals surface area (Å²) in [5.74, 6) is 2.07. The van der Waals surface area contributed by atoms with E-state index in [1.54, 1.807) is 0 Å². The van der Waals surface area contributed by atoms with Gasteiger partial charge in [-0.1, -0.05) is 11.8 Å². The lowest BCUT2D eigenvalue weighted by atomic mass is 9.98. The number of nitrogens with zero attached hydrogens (tertiary/aromatic N) is 3. The van der Waals surface area contributed by atoms with Crippen LogP contribution in [-0.4, -0.2) is 52.1 Å². The lowest BCUT2D eigenvalue weighted by molar-refractivity contribution is -0.134. The molecule has 1 saturated heterocycles. The molecule has 148 valence electrons. The first-order chi connectivity index (χ1) is 13.6. The molecule has 2 aromatic rings. The average Bonchev–Trinajstić information content (AvgIpc) is 2.72. The fraction of sp³-hybridized carbons (Fsp3) is 0.476. The van der Waals surface area contributed by atoms with Crippen LogP contribution in [0.3, 0.4) is 0 Å². The smallest absolute Gasteiger partial charge is 0.233 e. The molecule has 2 aliphatic heterocycles. The molecule has 0 unspecified atom stereocenters. The van der Waals surface area contributed by atoms with E-state index in [0.717, 1.165) is 40.6 Å². The predicted molar refractivity (Wildman–Crippen MR) is 109 cm³/mol. The van der Waals surface area contributed by atoms with Crippen molar-refractivity contribution in [1.29, 1.82) is 0 Å². The van der Waals surface area contributed by atoms with Gasteiger partial charge in [0.1, 0.15) is 18.2 Å². The molecule has 6 nitrogen and oxygen atoms in total. The molecule has 0 bridgehead atoms. The fourth-order valence-corrected chi connectivity index (χ4v) is 4.56. The number of hydrogen-bond acceptors (Lipinski definition) is 6. The van der Waals surface area contributed by atoms with Gasteiger partial charge in [-0.3, -0.25) is 4.79 Å². The Morgan fingerprint density at radius 2 is 1.82 bits per heavy atom. The maximum atomic E-state index is 12.6. The summed E-state index contributed by atoms with van der Waals surface area (Å²) in [6, 6.07) is 10.3. The van der Waals surface area contributed by atoms with Gasteiger partial charge in [0, 0.05) is 17.6 Å². The van der Waals surface area contributed by atoms with Gasteiger partial charge in [0.25, 0.3) is 0 Å². The third kappa shape index (κ3) is 4.09. The Balaban J connectivity index is 1.39. The number of benzene rings is 1. The number of likely N-dealkylation sites (tertiary alicyclic amines) is 1. The van der Waals surface area contributed by atoms with Crippen molar-refractivity contribution in [3.63, 3.8) is 0 Å². The quantitative estimate of drug-likeness (QED) is 0.729. The van der Waals surface area contributed by atoms with Crippen LogP contribution in [-0.2, 0) is 4.79 Å². The van der Waals surface area contributed by atoms with E-state index in [1.807, 2.05) is 35.2 Å². The molecule has 0 spiro atoms. The number of thioether (sulfide) groups is 1. The third-order valence-corrected chi connectivity index (χ3v) is 6.21. The monoisotopic (exact) mass is 399 g/mol. The SMILES string of the molecule is C[C@H]1CCC[C@H](C)N1C(=O)CSc1ccc(-c2ccc3c(c2)OCCO3)nn1. The summed E-state index contributed by atoms with van der Waals surface area (Å²) in [6.07, 6.45) is 3.38. The number of amides is 1. The predicted octanol–water partition coefficient (Wildman–Crippen LogP) is 3.80. The second-order valence-corrected chi connectivity index (χ2v) is 8.33. The summed E-state index contributed by atoms with van der Waals surface area (Å²) in [4.78, 5) is 14.7. The number of rotatable bonds is 4. The Hall–Kier alpha value is -2.28. The third-order valence-electron chi connectivity index (χ3n) is 5.30. The zero-order valence-electron chi connectivity index (χ0n) is 16.3. The molecular weight excluding hydrogens is 374 g/mol. The molecule has 0 aliphatic carbocycles. The van der Waals surface area contributed by atoms with E-state index in [2.05, 4.69) is 24.0 Å². The van der Waals surface area contributed by atoms with Crippen molar-refractivity contribution >= 4 is 17.7 Å². The number of hydrogen-bond donors (Lipinski definition) is 0. The van der Waals surface area contributed by atoms with Crippen molar-refractivity contribution in [2.45, 2.75) is 50.2 Å². The average molecular weight is 400 g/mol. The van der Waals surface area contributed by atoms with Crippen molar-refractivity contribution in [3.05, 3.63) is 30.3 Å². The highest BCUT2D eigenvalue weighted by atomic mass is 32.2. The van der Waals surface area contributed by atoms with E-state index in [9.17, 15) is 4.79 Å². The topological polar surface area (TPSA) is 64.6 Å². The molecule has 0 radical (unpaired) electrons. The lowest BCUT2D eigenvalue weighted by Crippen LogP contribution is -2.48. The van der Waals surface area contributed by atoms with Crippen LogP contribution in [0.4, 0.5) is 0 Å². The highest BCUT2D eigenvalue weighted by Gasteiger charge is 2.28. The van der Waals surface area contributed by atoms with E-state index >= 15 is 0 Å². The summed E-state index contributed by atoms with van der Waals surface area (Å²) >= 11 is 1.44. The van der Waals surface area contributed by atoms with E-state index in [4.69, 9.17) is 9.47 Å². The molecule has 1 fully saturated rings. The number of carbonyl (C=O) groups is 1. The second kappa shape index (κ2) is 8.39. The number of carbonyl (C=O) groups excluding carboxylic acids is 1. The molecule has 0 saturated carbocycles. The Kier molecular flexibility index (Phi) is 5.71. The summed E-state index contributed by atoms with van der Waals surface area (Å²) in [7, 11) is 0. The number of fused-ring (bicyclic) bond motifs is 1. The van der Waals surface area contributed by atoms with Gasteiger partial charge in [-0.25, -0.2) is 0 Å². The Morgan fingerprint density at radius 1 is 1.07 bits per heavy atom. The van der Waals surface area contributed by atoms with Crippen LogP contribution in [0.5, 0.6) is 11.5 Å². The van der Waals surface area contributed by atoms with Crippen molar-refractivity contribution in [1.82, 2.24) is 15.1 Å². The first kappa shape index (κ1) is 19.1. The fourth-order valence-electron chi connectivity index (χ4n) is 3.88. The number of aromatic nitrogens is 2. The minimum absolute atomic E-state index is 0.183. The van der Waals surface area contributed by atoms with Crippen LogP contribution in [0.25, 0.3) is 11.3 Å². The van der Waals surface area contributed by atoms with Crippen LogP contribution < -0.4 is 9.47 Å². The van der Waals surface area contributed by atoms with Crippen molar-refractivity contribution < 1.29 is 14.3 Å². The van der Waals surface area contributed by atoms with Gasteiger partial charge in [-0.2, -0.15) is 0 Å². The van der Waals surface area contributed by atoms with Gasteiger partial charge in [-0.05, 0) is 63.4 Å². The maximum Gasteiger partial charge on any atom is 0.233 e. The highest BCUT2D eigenvalue weighted by Crippen LogP contribution is 2.34. The first-order valence-corrected chi connectivity index (χ1v) is 10.8. The summed E-state index contributed by atoms with van der Waals surface area (Å²) in [5, 5.41) is 9.37. The Morgan fingerprint density at radius 3 is 2.54 bits per heavy atom. The molecule has 7 heteroatoms. The van der Waals surface area contributed by atoms with Gasteiger partial charge < -0.3 is 14.4 Å². The van der Waals surface area contributed by atoms with Crippen LogP contribution in [0.1, 0.15) is 33.1 Å². The molecule has 1 amide bonds. The maximum absolute atomic E-state index is 12.6. The number of ether oxygens (including phenoxy) is 2. The van der Waals surface area contributed by atoms with E-state index < -0.39 is 0 Å². The molecule has 0 N–H and O–H groups in total. The van der Waals surface area contributed by atoms with E-state index in [1.165, 1.54) is 18.2 Å². The summed E-state index contributed by atoms with van der Waals surface area (Å²) in [6.45, 7) is 5.41. The lowest BCUT2D eigenvalue weighted by Gasteiger charge is -2.39. The van der Waals surface area contributed by atoms with Crippen LogP contribution in [0, 0.1) is 0 Å². The zero-order chi connectivity index (χ0) is 19.5. The Bertz CT molecular complexity index is 833. The first-order valence-electron chi connectivity index (χ1n) is 9.79. The van der Waals surface area contributed by atoms with Gasteiger partial charge in [0.2, 0.25) is 5.91 Å². The van der Waals surface area contributed by atoms with Gasteiger partial charge in [-0.15, -0.1) is 10.2 Å². The van der Waals surface area contributed by atoms with Crippen LogP contribution >= 0.6 is 11.8 Å². The largest absolute Gasteiger partial charge is 0.486 e. The van der Waals surface area contributed by atoms with E-state index in [0.29, 0.717) is 31.1 Å². The summed E-state index contributed by atoms with van der Waals surface area (Å²) < 4.78 is 11.2. The standard InChI is InChI=1S/C21H25N3O3S/c1-14-4-3-5-15(2)24(14)21(25)13-28-20-9-7-17(22-23-20)16-6-8-18-19(12-16)27-11-10-26-18/h6-9,12,14-15H,3-5,10-11,13H2,1-2H3/t14-,15-/m0/s1. The highest BCUT2D eigenvalue weighted by molar-refractivity contribution is 7.99. The van der Waals surface area contributed by atoms with E-state index in [-0.39, 0.29) is 5.91 Å². The van der Waals surface area contributed by atoms with Crippen LogP contribution in [0.2, 0.25) is 0 Å². The van der Waals surface area contributed by atoms with Gasteiger partial charge >= 0.3 is 0 Å². The molecule has 4 rings (SSSR count). The molecule has 1 aromatic heterocycles. The van der Waals surface area contributed by atoms with Crippen molar-refractivity contribution in [3.8, 4) is 22.8 Å². The summed E-state index contributed by atoms with van der Waals surface area (Å²) in [5.41, 5.74) is 1.70. The van der Waals surface area contributed by atoms with Crippen LogP contribution in [0.15, 0.2) is 35.4 Å².